The molecular weight excluding hydrogens is 428 g/mol. The molecule has 0 spiro atoms. The quantitative estimate of drug-likeness (QED) is 0.442. The van der Waals surface area contributed by atoms with E-state index in [1.165, 1.54) is 0 Å². The zero-order valence-corrected chi connectivity index (χ0v) is 19.2. The lowest BCUT2D eigenvalue weighted by Crippen LogP contribution is -2.46. The molecule has 1 fully saturated rings. The van der Waals surface area contributed by atoms with E-state index in [0.717, 1.165) is 55.0 Å². The summed E-state index contributed by atoms with van der Waals surface area (Å²) in [5, 5.41) is 11.9. The third-order valence-corrected chi connectivity index (χ3v) is 6.07. The monoisotopic (exact) mass is 456 g/mol. The summed E-state index contributed by atoms with van der Waals surface area (Å²) in [6.45, 7) is 5.70. The van der Waals surface area contributed by atoms with Crippen molar-refractivity contribution in [3.8, 4) is 5.82 Å². The standard InChI is InChI=1S/C25H28N8O/c1-31-12-14-32(15-13-31)11-10-28-25(34)19-4-9-27-24(17-19)33-23-3-2-22(16-20(23)18-29-33)30-21-5-7-26-8-6-21/h2-9,16-18H,10-15H2,1H3,(H,26,30)(H,28,34). The number of anilines is 2. The predicted molar refractivity (Wildman–Crippen MR) is 133 cm³/mol. The predicted octanol–water partition coefficient (Wildman–Crippen LogP) is 2.54. The number of pyridine rings is 2. The molecule has 1 aliphatic rings. The number of amides is 1. The van der Waals surface area contributed by atoms with Crippen LogP contribution in [0.5, 0.6) is 0 Å². The molecular formula is C25H28N8O. The Hall–Kier alpha value is -3.82. The average Bonchev–Trinajstić information content (AvgIpc) is 3.29. The SMILES string of the molecule is CN1CCN(CCNC(=O)c2ccnc(-n3ncc4cc(Nc5ccncc5)ccc43)c2)CC1. The molecule has 0 atom stereocenters. The number of aromatic nitrogens is 4. The summed E-state index contributed by atoms with van der Waals surface area (Å²) in [4.78, 5) is 25.9. The van der Waals surface area contributed by atoms with Gasteiger partial charge in [-0.05, 0) is 49.5 Å². The Kier molecular flexibility index (Phi) is 6.46. The first kappa shape index (κ1) is 22.0. The summed E-state index contributed by atoms with van der Waals surface area (Å²) in [6, 6.07) is 13.4. The average molecular weight is 457 g/mol. The number of carbonyl (C=O) groups excluding carboxylic acids is 1. The Morgan fingerprint density at radius 3 is 2.62 bits per heavy atom. The Labute approximate surface area is 198 Å². The van der Waals surface area contributed by atoms with E-state index in [2.05, 4.69) is 42.5 Å². The summed E-state index contributed by atoms with van der Waals surface area (Å²) in [7, 11) is 2.14. The number of fused-ring (bicyclic) bond motifs is 1. The van der Waals surface area contributed by atoms with Crippen LogP contribution in [-0.4, -0.2) is 81.8 Å². The van der Waals surface area contributed by atoms with E-state index in [4.69, 9.17) is 0 Å². The number of nitrogens with zero attached hydrogens (tertiary/aromatic N) is 6. The molecule has 0 unspecified atom stereocenters. The lowest BCUT2D eigenvalue weighted by Gasteiger charge is -2.32. The van der Waals surface area contributed by atoms with Crippen molar-refractivity contribution in [1.29, 1.82) is 0 Å². The fourth-order valence-corrected chi connectivity index (χ4v) is 4.07. The van der Waals surface area contributed by atoms with E-state index in [-0.39, 0.29) is 5.91 Å². The van der Waals surface area contributed by atoms with Crippen LogP contribution < -0.4 is 10.6 Å². The summed E-state index contributed by atoms with van der Waals surface area (Å²) >= 11 is 0. The molecule has 0 radical (unpaired) electrons. The van der Waals surface area contributed by atoms with E-state index in [0.29, 0.717) is 17.9 Å². The van der Waals surface area contributed by atoms with Crippen LogP contribution in [0.4, 0.5) is 11.4 Å². The third kappa shape index (κ3) is 5.05. The van der Waals surface area contributed by atoms with Gasteiger partial charge in [-0.2, -0.15) is 5.10 Å². The molecule has 0 bridgehead atoms. The van der Waals surface area contributed by atoms with Gasteiger partial charge in [0.05, 0.1) is 11.7 Å². The van der Waals surface area contributed by atoms with Crippen molar-refractivity contribution < 1.29 is 4.79 Å². The second kappa shape index (κ2) is 9.98. The van der Waals surface area contributed by atoms with Gasteiger partial charge < -0.3 is 15.5 Å². The Bertz CT molecular complexity index is 1260. The van der Waals surface area contributed by atoms with Crippen molar-refractivity contribution >= 4 is 28.2 Å². The van der Waals surface area contributed by atoms with Gasteiger partial charge in [0.1, 0.15) is 0 Å². The zero-order valence-electron chi connectivity index (χ0n) is 19.2. The van der Waals surface area contributed by atoms with Crippen LogP contribution >= 0.6 is 0 Å². The van der Waals surface area contributed by atoms with E-state index in [1.807, 2.05) is 30.3 Å². The molecule has 4 heterocycles. The van der Waals surface area contributed by atoms with Crippen LogP contribution in [0.3, 0.4) is 0 Å². The second-order valence-electron chi connectivity index (χ2n) is 8.49. The first-order chi connectivity index (χ1) is 16.7. The summed E-state index contributed by atoms with van der Waals surface area (Å²) in [5.74, 6) is 0.509. The summed E-state index contributed by atoms with van der Waals surface area (Å²) in [5.41, 5.74) is 3.41. The number of hydrogen-bond donors (Lipinski definition) is 2. The second-order valence-corrected chi connectivity index (χ2v) is 8.49. The maximum absolute atomic E-state index is 12.7. The van der Waals surface area contributed by atoms with Crippen LogP contribution in [0.1, 0.15) is 10.4 Å². The highest BCUT2D eigenvalue weighted by Gasteiger charge is 2.14. The van der Waals surface area contributed by atoms with Gasteiger partial charge in [0, 0.05) is 80.2 Å². The molecule has 0 saturated carbocycles. The van der Waals surface area contributed by atoms with Crippen LogP contribution in [0, 0.1) is 0 Å². The molecule has 1 aliphatic heterocycles. The topological polar surface area (TPSA) is 91.2 Å². The largest absolute Gasteiger partial charge is 0.355 e. The number of rotatable bonds is 7. The van der Waals surface area contributed by atoms with E-state index in [1.54, 1.807) is 41.6 Å². The minimum absolute atomic E-state index is 0.0990. The van der Waals surface area contributed by atoms with Crippen LogP contribution in [-0.2, 0) is 0 Å². The lowest BCUT2D eigenvalue weighted by atomic mass is 10.2. The number of piperazine rings is 1. The molecule has 2 N–H and O–H groups in total. The van der Waals surface area contributed by atoms with Crippen LogP contribution in [0.2, 0.25) is 0 Å². The summed E-state index contributed by atoms with van der Waals surface area (Å²) < 4.78 is 1.76. The number of hydrogen-bond acceptors (Lipinski definition) is 7. The molecule has 1 aromatic carbocycles. The molecule has 4 aromatic rings. The molecule has 1 saturated heterocycles. The number of benzene rings is 1. The first-order valence-electron chi connectivity index (χ1n) is 11.5. The van der Waals surface area contributed by atoms with Gasteiger partial charge in [-0.25, -0.2) is 9.67 Å². The first-order valence-corrected chi connectivity index (χ1v) is 11.5. The Morgan fingerprint density at radius 2 is 1.79 bits per heavy atom. The summed E-state index contributed by atoms with van der Waals surface area (Å²) in [6.07, 6.45) is 6.95. The number of nitrogens with one attached hydrogen (secondary N) is 2. The van der Waals surface area contributed by atoms with E-state index >= 15 is 0 Å². The molecule has 174 valence electrons. The highest BCUT2D eigenvalue weighted by molar-refractivity contribution is 5.94. The molecule has 34 heavy (non-hydrogen) atoms. The van der Waals surface area contributed by atoms with Crippen molar-refractivity contribution in [2.45, 2.75) is 0 Å². The van der Waals surface area contributed by atoms with Gasteiger partial charge in [0.2, 0.25) is 0 Å². The highest BCUT2D eigenvalue weighted by Crippen LogP contribution is 2.23. The van der Waals surface area contributed by atoms with Crippen LogP contribution in [0.25, 0.3) is 16.7 Å². The van der Waals surface area contributed by atoms with Gasteiger partial charge in [-0.1, -0.05) is 0 Å². The highest BCUT2D eigenvalue weighted by atomic mass is 16.1. The Morgan fingerprint density at radius 1 is 0.971 bits per heavy atom. The maximum atomic E-state index is 12.7. The fourth-order valence-electron chi connectivity index (χ4n) is 4.07. The number of likely N-dealkylation sites (N-methyl/N-ethyl adjacent to an activating group) is 1. The molecule has 5 rings (SSSR count). The van der Waals surface area contributed by atoms with Crippen molar-refractivity contribution in [2.24, 2.45) is 0 Å². The van der Waals surface area contributed by atoms with Gasteiger partial charge in [0.15, 0.2) is 5.82 Å². The fraction of sp³-hybridized carbons (Fsp3) is 0.280. The molecule has 9 heteroatoms. The van der Waals surface area contributed by atoms with Crippen molar-refractivity contribution in [1.82, 2.24) is 34.9 Å². The normalized spacial score (nSPS) is 14.9. The van der Waals surface area contributed by atoms with Crippen molar-refractivity contribution in [3.63, 3.8) is 0 Å². The smallest absolute Gasteiger partial charge is 0.251 e. The molecule has 1 amide bonds. The molecule has 0 aliphatic carbocycles. The lowest BCUT2D eigenvalue weighted by molar-refractivity contribution is 0.0941. The third-order valence-electron chi connectivity index (χ3n) is 6.07. The minimum Gasteiger partial charge on any atom is -0.355 e. The zero-order chi connectivity index (χ0) is 23.3. The van der Waals surface area contributed by atoms with Gasteiger partial charge in [0.25, 0.3) is 5.91 Å². The Balaban J connectivity index is 1.26. The van der Waals surface area contributed by atoms with Crippen LogP contribution in [0.15, 0.2) is 67.3 Å². The van der Waals surface area contributed by atoms with Gasteiger partial charge in [-0.15, -0.1) is 0 Å². The van der Waals surface area contributed by atoms with E-state index < -0.39 is 0 Å². The molecule has 3 aromatic heterocycles. The number of carbonyl (C=O) groups is 1. The van der Waals surface area contributed by atoms with Crippen molar-refractivity contribution in [2.75, 3.05) is 51.6 Å². The van der Waals surface area contributed by atoms with Crippen molar-refractivity contribution in [3.05, 3.63) is 72.8 Å². The van der Waals surface area contributed by atoms with E-state index in [9.17, 15) is 4.79 Å². The maximum Gasteiger partial charge on any atom is 0.251 e. The minimum atomic E-state index is -0.0990. The van der Waals surface area contributed by atoms with Gasteiger partial charge in [-0.3, -0.25) is 14.7 Å². The van der Waals surface area contributed by atoms with Gasteiger partial charge >= 0.3 is 0 Å². The molecule has 9 nitrogen and oxygen atoms in total.